The van der Waals surface area contributed by atoms with Gasteiger partial charge in [0.1, 0.15) is 5.56 Å². The summed E-state index contributed by atoms with van der Waals surface area (Å²) in [6.07, 6.45) is 5.24. The van der Waals surface area contributed by atoms with Crippen LogP contribution in [-0.2, 0) is 0 Å². The van der Waals surface area contributed by atoms with Crippen LogP contribution < -0.4 is 10.7 Å². The van der Waals surface area contributed by atoms with Crippen molar-refractivity contribution in [2.75, 3.05) is 5.32 Å². The van der Waals surface area contributed by atoms with Gasteiger partial charge in [-0.25, -0.2) is 4.98 Å². The predicted molar refractivity (Wildman–Crippen MR) is 69.1 cm³/mol. The van der Waals surface area contributed by atoms with Crippen LogP contribution in [0.3, 0.4) is 0 Å². The Morgan fingerprint density at radius 1 is 1.50 bits per heavy atom. The topological polar surface area (TPSA) is 74.8 Å². The number of anilines is 1. The molecular formula is C12H11N3O2S. The largest absolute Gasteiger partial charge is 0.367 e. The van der Waals surface area contributed by atoms with Gasteiger partial charge in [-0.3, -0.25) is 14.9 Å². The van der Waals surface area contributed by atoms with E-state index in [4.69, 9.17) is 0 Å². The molecule has 2 heterocycles. The zero-order valence-corrected chi connectivity index (χ0v) is 10.3. The molecule has 6 heteroatoms. The first-order valence-corrected chi connectivity index (χ1v) is 6.56. The van der Waals surface area contributed by atoms with E-state index in [0.717, 1.165) is 5.69 Å². The molecule has 1 aliphatic rings. The molecule has 3 rings (SSSR count). The average molecular weight is 261 g/mol. The number of rotatable bonds is 3. The highest BCUT2D eigenvalue weighted by atomic mass is 32.1. The number of aromatic nitrogens is 2. The predicted octanol–water partition coefficient (Wildman–Crippen LogP) is 1.96. The van der Waals surface area contributed by atoms with Crippen molar-refractivity contribution < 1.29 is 4.79 Å². The van der Waals surface area contributed by atoms with Crippen LogP contribution in [-0.4, -0.2) is 15.9 Å². The summed E-state index contributed by atoms with van der Waals surface area (Å²) in [7, 11) is 0. The van der Waals surface area contributed by atoms with E-state index in [9.17, 15) is 9.59 Å². The number of nitrogens with zero attached hydrogens (tertiary/aromatic N) is 1. The lowest BCUT2D eigenvalue weighted by molar-refractivity contribution is 0.102. The zero-order valence-electron chi connectivity index (χ0n) is 9.47. The molecule has 2 aromatic rings. The fraction of sp³-hybridized carbons (Fsp3) is 0.250. The van der Waals surface area contributed by atoms with Crippen LogP contribution in [0.1, 0.15) is 34.8 Å². The van der Waals surface area contributed by atoms with E-state index in [1.807, 2.05) is 5.38 Å². The van der Waals surface area contributed by atoms with Gasteiger partial charge in [-0.1, -0.05) is 0 Å². The Labute approximate surface area is 107 Å². The summed E-state index contributed by atoms with van der Waals surface area (Å²) in [5, 5.41) is 5.16. The highest BCUT2D eigenvalue weighted by Crippen LogP contribution is 2.40. The maximum Gasteiger partial charge on any atom is 0.262 e. The number of hydrogen-bond donors (Lipinski definition) is 2. The second-order valence-electron chi connectivity index (χ2n) is 4.23. The van der Waals surface area contributed by atoms with Gasteiger partial charge in [0.15, 0.2) is 10.6 Å². The van der Waals surface area contributed by atoms with E-state index >= 15 is 0 Å². The standard InChI is InChI=1S/C12H11N3O2S/c16-10-3-4-13-5-8(10)11(17)15-12-14-9(6-18-12)7-1-2-7/h3-7H,1-2H2,(H,13,16)(H,14,15,17). The highest BCUT2D eigenvalue weighted by molar-refractivity contribution is 7.14. The molecule has 2 aromatic heterocycles. The van der Waals surface area contributed by atoms with Crippen molar-refractivity contribution in [1.82, 2.24) is 9.97 Å². The van der Waals surface area contributed by atoms with E-state index < -0.39 is 5.91 Å². The molecule has 1 amide bonds. The van der Waals surface area contributed by atoms with Crippen LogP contribution in [0.4, 0.5) is 5.13 Å². The minimum absolute atomic E-state index is 0.0978. The van der Waals surface area contributed by atoms with Crippen LogP contribution in [0, 0.1) is 0 Å². The Morgan fingerprint density at radius 3 is 3.06 bits per heavy atom. The second-order valence-corrected chi connectivity index (χ2v) is 5.09. The first-order valence-electron chi connectivity index (χ1n) is 5.68. The molecular weight excluding hydrogens is 250 g/mol. The monoisotopic (exact) mass is 261 g/mol. The number of nitrogens with one attached hydrogen (secondary N) is 2. The van der Waals surface area contributed by atoms with E-state index in [2.05, 4.69) is 15.3 Å². The molecule has 1 saturated carbocycles. The van der Waals surface area contributed by atoms with Gasteiger partial charge >= 0.3 is 0 Å². The molecule has 0 atom stereocenters. The lowest BCUT2D eigenvalue weighted by atomic mass is 10.2. The molecule has 0 aliphatic heterocycles. The zero-order chi connectivity index (χ0) is 12.5. The Morgan fingerprint density at radius 2 is 2.33 bits per heavy atom. The SMILES string of the molecule is O=C(Nc1nc(C2CC2)cs1)c1c[nH]ccc1=O. The molecule has 2 N–H and O–H groups in total. The number of carbonyl (C=O) groups excluding carboxylic acids is 1. The van der Waals surface area contributed by atoms with Gasteiger partial charge < -0.3 is 4.98 Å². The molecule has 1 fully saturated rings. The molecule has 0 bridgehead atoms. The van der Waals surface area contributed by atoms with Crippen molar-refractivity contribution >= 4 is 22.4 Å². The van der Waals surface area contributed by atoms with Gasteiger partial charge in [0.2, 0.25) is 0 Å². The van der Waals surface area contributed by atoms with E-state index in [1.165, 1.54) is 42.6 Å². The second kappa shape index (κ2) is 4.38. The summed E-state index contributed by atoms with van der Waals surface area (Å²) in [6.45, 7) is 0. The number of hydrogen-bond acceptors (Lipinski definition) is 4. The number of pyridine rings is 1. The van der Waals surface area contributed by atoms with Crippen molar-refractivity contribution in [3.8, 4) is 0 Å². The number of aromatic amines is 1. The maximum atomic E-state index is 11.9. The Kier molecular flexibility index (Phi) is 2.71. The quantitative estimate of drug-likeness (QED) is 0.886. The number of thiazole rings is 1. The van der Waals surface area contributed by atoms with Gasteiger partial charge in [-0.2, -0.15) is 0 Å². The normalized spacial score (nSPS) is 14.4. The van der Waals surface area contributed by atoms with Crippen molar-refractivity contribution in [2.45, 2.75) is 18.8 Å². The van der Waals surface area contributed by atoms with Crippen LogP contribution >= 0.6 is 11.3 Å². The summed E-state index contributed by atoms with van der Waals surface area (Å²) in [5.41, 5.74) is 0.836. The first-order chi connectivity index (χ1) is 8.74. The molecule has 18 heavy (non-hydrogen) atoms. The maximum absolute atomic E-state index is 11.9. The molecule has 1 aliphatic carbocycles. The third-order valence-electron chi connectivity index (χ3n) is 2.81. The van der Waals surface area contributed by atoms with Gasteiger partial charge in [-0.15, -0.1) is 11.3 Å². The minimum Gasteiger partial charge on any atom is -0.367 e. The van der Waals surface area contributed by atoms with Gasteiger partial charge in [-0.05, 0) is 12.8 Å². The fourth-order valence-electron chi connectivity index (χ4n) is 1.67. The van der Waals surface area contributed by atoms with Gasteiger partial charge in [0.05, 0.1) is 5.69 Å². The molecule has 5 nitrogen and oxygen atoms in total. The van der Waals surface area contributed by atoms with Crippen molar-refractivity contribution in [3.63, 3.8) is 0 Å². The lowest BCUT2D eigenvalue weighted by Crippen LogP contribution is -2.20. The van der Waals surface area contributed by atoms with Crippen molar-refractivity contribution in [2.24, 2.45) is 0 Å². The minimum atomic E-state index is -0.423. The summed E-state index contributed by atoms with van der Waals surface area (Å²) in [5.74, 6) is 0.139. The van der Waals surface area contributed by atoms with E-state index in [1.54, 1.807) is 0 Å². The highest BCUT2D eigenvalue weighted by Gasteiger charge is 2.26. The molecule has 0 saturated heterocycles. The lowest BCUT2D eigenvalue weighted by Gasteiger charge is -1.99. The summed E-state index contributed by atoms with van der Waals surface area (Å²) < 4.78 is 0. The van der Waals surface area contributed by atoms with Crippen LogP contribution in [0.5, 0.6) is 0 Å². The van der Waals surface area contributed by atoms with E-state index in [-0.39, 0.29) is 11.0 Å². The smallest absolute Gasteiger partial charge is 0.262 e. The molecule has 0 spiro atoms. The molecule has 92 valence electrons. The van der Waals surface area contributed by atoms with Crippen molar-refractivity contribution in [1.29, 1.82) is 0 Å². The van der Waals surface area contributed by atoms with Crippen LogP contribution in [0.15, 0.2) is 28.6 Å². The fourth-order valence-corrected chi connectivity index (χ4v) is 2.46. The Balaban J connectivity index is 1.77. The average Bonchev–Trinajstić information content (AvgIpc) is 3.11. The third kappa shape index (κ3) is 2.19. The molecule has 0 radical (unpaired) electrons. The summed E-state index contributed by atoms with van der Waals surface area (Å²) >= 11 is 1.39. The van der Waals surface area contributed by atoms with Crippen molar-refractivity contribution in [3.05, 3.63) is 45.3 Å². The summed E-state index contributed by atoms with van der Waals surface area (Å²) in [6, 6.07) is 1.33. The van der Waals surface area contributed by atoms with Crippen LogP contribution in [0.2, 0.25) is 0 Å². The molecule has 0 aromatic carbocycles. The van der Waals surface area contributed by atoms with Gasteiger partial charge in [0, 0.05) is 29.8 Å². The Hall–Kier alpha value is -1.95. The summed E-state index contributed by atoms with van der Waals surface area (Å²) in [4.78, 5) is 30.4. The Bertz CT molecular complexity index is 643. The van der Waals surface area contributed by atoms with Gasteiger partial charge in [0.25, 0.3) is 5.91 Å². The number of amides is 1. The third-order valence-corrected chi connectivity index (χ3v) is 3.58. The number of H-pyrrole nitrogens is 1. The van der Waals surface area contributed by atoms with Crippen LogP contribution in [0.25, 0.3) is 0 Å². The number of carbonyl (C=O) groups is 1. The molecule has 0 unspecified atom stereocenters. The first kappa shape index (κ1) is 11.2. The van der Waals surface area contributed by atoms with E-state index in [0.29, 0.717) is 11.0 Å².